The number of H-pyrrole nitrogens is 1. The highest BCUT2D eigenvalue weighted by molar-refractivity contribution is 9.10. The number of quaternary nitrogens is 1. The molecule has 1 aromatic heterocycles. The molecule has 0 bridgehead atoms. The van der Waals surface area contributed by atoms with E-state index in [0.29, 0.717) is 18.9 Å². The van der Waals surface area contributed by atoms with Gasteiger partial charge >= 0.3 is 5.97 Å². The molecule has 1 spiro atoms. The number of halogens is 1. The lowest BCUT2D eigenvalue weighted by atomic mass is 10.0. The Bertz CT molecular complexity index is 928. The first-order valence-electron chi connectivity index (χ1n) is 9.75. The second-order valence-corrected chi connectivity index (χ2v) is 8.45. The van der Waals surface area contributed by atoms with E-state index >= 15 is 0 Å². The first-order chi connectivity index (χ1) is 13.9. The molecule has 4 rings (SSSR count). The quantitative estimate of drug-likeness (QED) is 0.593. The van der Waals surface area contributed by atoms with Crippen molar-refractivity contribution in [3.63, 3.8) is 0 Å². The summed E-state index contributed by atoms with van der Waals surface area (Å²) in [5.41, 5.74) is 1.43. The molecule has 2 aliphatic rings. The third-order valence-electron chi connectivity index (χ3n) is 5.87. The molecule has 3 N–H and O–H groups in total. The summed E-state index contributed by atoms with van der Waals surface area (Å²) < 4.78 is 17.3. The van der Waals surface area contributed by atoms with Crippen LogP contribution < -0.4 is 10.2 Å². The third-order valence-corrected chi connectivity index (χ3v) is 6.36. The van der Waals surface area contributed by atoms with Gasteiger partial charge in [-0.2, -0.15) is 0 Å². The average Bonchev–Trinajstić information content (AvgIpc) is 3.32. The molecule has 2 aromatic rings. The Balaban J connectivity index is 1.52. The van der Waals surface area contributed by atoms with E-state index in [9.17, 15) is 9.59 Å². The summed E-state index contributed by atoms with van der Waals surface area (Å²) in [5, 5.41) is 3.71. The molecule has 1 aromatic carbocycles. The van der Waals surface area contributed by atoms with Crippen LogP contribution in [0.25, 0.3) is 10.9 Å². The third kappa shape index (κ3) is 3.92. The van der Waals surface area contributed by atoms with Crippen LogP contribution in [0.1, 0.15) is 30.3 Å². The second-order valence-electron chi connectivity index (χ2n) is 7.53. The molecule has 3 heterocycles. The number of carbonyl (C=O) groups excluding carboxylic acids is 2. The summed E-state index contributed by atoms with van der Waals surface area (Å²) in [6.45, 7) is 4.76. The van der Waals surface area contributed by atoms with Crippen molar-refractivity contribution in [1.82, 2.24) is 4.98 Å². The monoisotopic (exact) mass is 466 g/mol. The molecule has 1 amide bonds. The number of anilines is 1. The van der Waals surface area contributed by atoms with Gasteiger partial charge in [0.15, 0.2) is 11.8 Å². The number of piperidine rings is 1. The van der Waals surface area contributed by atoms with Gasteiger partial charge in [0.1, 0.15) is 5.69 Å². The molecule has 1 atom stereocenters. The molecule has 2 fully saturated rings. The smallest absolute Gasteiger partial charge is 0.356 e. The molecule has 0 saturated carbocycles. The van der Waals surface area contributed by atoms with Crippen molar-refractivity contribution in [3.8, 4) is 0 Å². The van der Waals surface area contributed by atoms with Crippen LogP contribution in [0.2, 0.25) is 0 Å². The minimum atomic E-state index is -0.525. The Morgan fingerprint density at radius 1 is 1.28 bits per heavy atom. The van der Waals surface area contributed by atoms with Crippen LogP contribution in [-0.4, -0.2) is 62.1 Å². The van der Waals surface area contributed by atoms with E-state index < -0.39 is 11.8 Å². The first-order valence-corrected chi connectivity index (χ1v) is 10.5. The number of rotatable bonds is 4. The number of nitrogens with one attached hydrogen (secondary N) is 3. The van der Waals surface area contributed by atoms with E-state index in [4.69, 9.17) is 14.2 Å². The predicted molar refractivity (Wildman–Crippen MR) is 110 cm³/mol. The van der Waals surface area contributed by atoms with Gasteiger partial charge < -0.3 is 29.4 Å². The number of hydrogen-bond acceptors (Lipinski definition) is 5. The normalized spacial score (nSPS) is 20.1. The van der Waals surface area contributed by atoms with Gasteiger partial charge in [0, 0.05) is 15.4 Å². The fourth-order valence-electron chi connectivity index (χ4n) is 4.14. The van der Waals surface area contributed by atoms with Gasteiger partial charge in [-0.25, -0.2) is 4.79 Å². The number of methoxy groups -OCH3 is 1. The van der Waals surface area contributed by atoms with Crippen molar-refractivity contribution in [1.29, 1.82) is 0 Å². The summed E-state index contributed by atoms with van der Waals surface area (Å²) in [6.07, 6.45) is 1.54. The van der Waals surface area contributed by atoms with Gasteiger partial charge in [-0.15, -0.1) is 0 Å². The van der Waals surface area contributed by atoms with Crippen molar-refractivity contribution < 1.29 is 28.7 Å². The van der Waals surface area contributed by atoms with Crippen LogP contribution in [0, 0.1) is 0 Å². The van der Waals surface area contributed by atoms with Crippen molar-refractivity contribution in [3.05, 3.63) is 28.4 Å². The molecular weight excluding hydrogens is 442 g/mol. The molecular formula is C20H25BrN3O5+. The van der Waals surface area contributed by atoms with Crippen molar-refractivity contribution in [2.45, 2.75) is 31.6 Å². The van der Waals surface area contributed by atoms with Crippen LogP contribution in [0.5, 0.6) is 0 Å². The minimum Gasteiger partial charge on any atom is -0.464 e. The molecule has 156 valence electrons. The number of benzene rings is 1. The fourth-order valence-corrected chi connectivity index (χ4v) is 4.50. The largest absolute Gasteiger partial charge is 0.464 e. The highest BCUT2D eigenvalue weighted by Gasteiger charge is 2.43. The topological polar surface area (TPSA) is 94.1 Å². The SMILES string of the molecule is COC(=O)c1[nH]c2ccc(Br)cc2c1NC(=O)[C@@H](C)[NH+]1CCC2(CC1)OCCO2. The van der Waals surface area contributed by atoms with Gasteiger partial charge in [0.05, 0.1) is 51.9 Å². The van der Waals surface area contributed by atoms with E-state index in [-0.39, 0.29) is 17.6 Å². The van der Waals surface area contributed by atoms with E-state index in [1.54, 1.807) is 0 Å². The summed E-state index contributed by atoms with van der Waals surface area (Å²) >= 11 is 3.45. The van der Waals surface area contributed by atoms with Gasteiger partial charge in [0.2, 0.25) is 0 Å². The molecule has 8 nitrogen and oxygen atoms in total. The lowest BCUT2D eigenvalue weighted by Crippen LogP contribution is -3.18. The molecule has 0 radical (unpaired) electrons. The van der Waals surface area contributed by atoms with Crippen LogP contribution in [0.4, 0.5) is 5.69 Å². The fraction of sp³-hybridized carbons (Fsp3) is 0.500. The molecule has 0 aliphatic carbocycles. The Morgan fingerprint density at radius 3 is 2.62 bits per heavy atom. The lowest BCUT2D eigenvalue weighted by molar-refractivity contribution is -0.922. The minimum absolute atomic E-state index is 0.143. The Kier molecular flexibility index (Phi) is 5.65. The Labute approximate surface area is 177 Å². The number of ether oxygens (including phenoxy) is 3. The van der Waals surface area contributed by atoms with Crippen LogP contribution in [0.15, 0.2) is 22.7 Å². The Hall–Kier alpha value is -1.94. The predicted octanol–water partition coefficient (Wildman–Crippen LogP) is 1.47. The van der Waals surface area contributed by atoms with Gasteiger partial charge in [-0.3, -0.25) is 4.79 Å². The van der Waals surface area contributed by atoms with E-state index in [2.05, 4.69) is 26.2 Å². The maximum absolute atomic E-state index is 13.0. The van der Waals surface area contributed by atoms with E-state index in [1.807, 2.05) is 25.1 Å². The molecule has 9 heteroatoms. The van der Waals surface area contributed by atoms with Crippen LogP contribution >= 0.6 is 15.9 Å². The second kappa shape index (κ2) is 8.06. The maximum Gasteiger partial charge on any atom is 0.356 e. The van der Waals surface area contributed by atoms with E-state index in [0.717, 1.165) is 41.3 Å². The standard InChI is InChI=1S/C20H24BrN3O5/c1-12(24-7-5-20(6-8-24)28-9-10-29-20)18(25)23-16-14-11-13(21)3-4-15(14)22-17(16)19(26)27-2/h3-4,11-12,22H,5-10H2,1-2H3,(H,23,25)/p+1/t12-/m1/s1. The van der Waals surface area contributed by atoms with Gasteiger partial charge in [-0.1, -0.05) is 15.9 Å². The number of amides is 1. The molecule has 2 saturated heterocycles. The summed E-state index contributed by atoms with van der Waals surface area (Å²) in [7, 11) is 1.32. The van der Waals surface area contributed by atoms with Gasteiger partial charge in [0.25, 0.3) is 5.91 Å². The molecule has 2 aliphatic heterocycles. The van der Waals surface area contributed by atoms with E-state index in [1.165, 1.54) is 12.0 Å². The summed E-state index contributed by atoms with van der Waals surface area (Å²) in [5.74, 6) is -1.13. The number of esters is 1. The van der Waals surface area contributed by atoms with Crippen molar-refractivity contribution >= 4 is 44.4 Å². The number of hydrogen-bond donors (Lipinski definition) is 3. The highest BCUT2D eigenvalue weighted by Crippen LogP contribution is 2.31. The zero-order valence-electron chi connectivity index (χ0n) is 16.5. The highest BCUT2D eigenvalue weighted by atomic mass is 79.9. The zero-order valence-corrected chi connectivity index (χ0v) is 18.1. The number of aromatic amines is 1. The number of fused-ring (bicyclic) bond motifs is 1. The number of carbonyl (C=O) groups is 2. The maximum atomic E-state index is 13.0. The van der Waals surface area contributed by atoms with Gasteiger partial charge in [-0.05, 0) is 25.1 Å². The number of aromatic nitrogens is 1. The molecule has 29 heavy (non-hydrogen) atoms. The van der Waals surface area contributed by atoms with Crippen LogP contribution in [0.3, 0.4) is 0 Å². The first kappa shape index (κ1) is 20.3. The lowest BCUT2D eigenvalue weighted by Gasteiger charge is -2.37. The average molecular weight is 467 g/mol. The van der Waals surface area contributed by atoms with Crippen molar-refractivity contribution in [2.24, 2.45) is 0 Å². The zero-order chi connectivity index (χ0) is 20.6. The Morgan fingerprint density at radius 2 is 1.97 bits per heavy atom. The molecule has 0 unspecified atom stereocenters. The number of likely N-dealkylation sites (tertiary alicyclic amines) is 1. The van der Waals surface area contributed by atoms with Crippen molar-refractivity contribution in [2.75, 3.05) is 38.7 Å². The summed E-state index contributed by atoms with van der Waals surface area (Å²) in [6, 6.07) is 5.30. The summed E-state index contributed by atoms with van der Waals surface area (Å²) in [4.78, 5) is 29.5. The van der Waals surface area contributed by atoms with Crippen LogP contribution in [-0.2, 0) is 19.0 Å².